The molecule has 5 aliphatic rings. The molecule has 1 radical (unpaired) electrons. The van der Waals surface area contributed by atoms with Crippen molar-refractivity contribution < 1.29 is 32.1 Å². The topological polar surface area (TPSA) is 77.6 Å². The largest absolute Gasteiger partial charge is 0.448 e. The molecule has 11 heteroatoms. The highest BCUT2D eigenvalue weighted by Gasteiger charge is 2.47. The lowest BCUT2D eigenvalue weighted by Crippen LogP contribution is -2.31. The minimum absolute atomic E-state index is 0.0267. The van der Waals surface area contributed by atoms with E-state index >= 15 is 0 Å². The van der Waals surface area contributed by atoms with Crippen molar-refractivity contribution in [2.45, 2.75) is 31.4 Å². The normalized spacial score (nSPS) is 24.6. The summed E-state index contributed by atoms with van der Waals surface area (Å²) < 4.78 is 49.1. The number of hydrogen-bond donors (Lipinski definition) is 0. The second-order valence-electron chi connectivity index (χ2n) is 10.2. The lowest BCUT2D eigenvalue weighted by Gasteiger charge is -2.34. The van der Waals surface area contributed by atoms with Gasteiger partial charge in [0.25, 0.3) is 0 Å². The molecule has 1 saturated carbocycles. The fourth-order valence-electron chi connectivity index (χ4n) is 5.68. The SMILES string of the molecule is C[N+]1=CN=N[C]1[C@@H](c1cccc(N2C=C3C(C(F)(F)F)=CC(CN4CCOC4=O)=CC3C2=O)c1)C1CCC1. The average molecular weight is 526 g/mol. The number of allylic oxidation sites excluding steroid dienone is 1. The van der Waals surface area contributed by atoms with Gasteiger partial charge >= 0.3 is 24.8 Å². The number of alkyl halides is 3. The smallest absolute Gasteiger partial charge is 0.416 e. The number of amides is 2. The van der Waals surface area contributed by atoms with Gasteiger partial charge in [-0.15, -0.1) is 0 Å². The number of hydrogen-bond acceptors (Lipinski definition) is 5. The molecule has 0 bridgehead atoms. The summed E-state index contributed by atoms with van der Waals surface area (Å²) in [5.74, 6) is -1.20. The monoisotopic (exact) mass is 525 g/mol. The van der Waals surface area contributed by atoms with Crippen LogP contribution >= 0.6 is 0 Å². The van der Waals surface area contributed by atoms with Crippen molar-refractivity contribution in [2.24, 2.45) is 22.1 Å². The Kier molecular flexibility index (Phi) is 5.96. The number of rotatable bonds is 6. The molecule has 2 atom stereocenters. The van der Waals surface area contributed by atoms with E-state index in [2.05, 4.69) is 10.2 Å². The molecule has 1 aromatic rings. The van der Waals surface area contributed by atoms with Gasteiger partial charge in [0.1, 0.15) is 6.61 Å². The first-order valence-corrected chi connectivity index (χ1v) is 12.6. The summed E-state index contributed by atoms with van der Waals surface area (Å²) in [7, 11) is 1.89. The third kappa shape index (κ3) is 4.23. The fourth-order valence-corrected chi connectivity index (χ4v) is 5.68. The van der Waals surface area contributed by atoms with Crippen LogP contribution in [0.3, 0.4) is 0 Å². The van der Waals surface area contributed by atoms with Crippen LogP contribution in [0.4, 0.5) is 23.7 Å². The Hall–Kier alpha value is -3.76. The molecule has 38 heavy (non-hydrogen) atoms. The number of ether oxygens (including phenoxy) is 1. The summed E-state index contributed by atoms with van der Waals surface area (Å²) in [6, 6.07) is 7.38. The van der Waals surface area contributed by atoms with E-state index in [1.54, 1.807) is 12.4 Å². The van der Waals surface area contributed by atoms with Crippen molar-refractivity contribution in [3.63, 3.8) is 0 Å². The van der Waals surface area contributed by atoms with E-state index in [4.69, 9.17) is 4.74 Å². The summed E-state index contributed by atoms with van der Waals surface area (Å²) in [6.07, 6.45) is 4.32. The summed E-state index contributed by atoms with van der Waals surface area (Å²) in [6.45, 7) is 0.431. The molecule has 2 amide bonds. The minimum atomic E-state index is -4.66. The van der Waals surface area contributed by atoms with E-state index in [1.807, 2.05) is 29.8 Å². The van der Waals surface area contributed by atoms with Crippen molar-refractivity contribution in [1.82, 2.24) is 4.90 Å². The summed E-state index contributed by atoms with van der Waals surface area (Å²) in [5, 5.41) is 8.37. The van der Waals surface area contributed by atoms with Crippen LogP contribution in [0, 0.1) is 18.0 Å². The van der Waals surface area contributed by atoms with Crippen LogP contribution in [0.25, 0.3) is 0 Å². The van der Waals surface area contributed by atoms with Gasteiger partial charge in [0.05, 0.1) is 36.1 Å². The van der Waals surface area contributed by atoms with Gasteiger partial charge in [-0.25, -0.2) is 9.37 Å². The van der Waals surface area contributed by atoms with Gasteiger partial charge < -0.3 is 9.64 Å². The molecule has 6 rings (SSSR count). The van der Waals surface area contributed by atoms with E-state index in [9.17, 15) is 22.8 Å². The molecule has 3 heterocycles. The number of carbonyl (C=O) groups is 2. The Bertz CT molecular complexity index is 1340. The molecule has 0 N–H and O–H groups in total. The fraction of sp³-hybridized carbons (Fsp3) is 0.407. The van der Waals surface area contributed by atoms with Gasteiger partial charge in [-0.05, 0) is 58.8 Å². The van der Waals surface area contributed by atoms with Crippen molar-refractivity contribution in [3.05, 3.63) is 71.1 Å². The zero-order valence-electron chi connectivity index (χ0n) is 20.7. The third-order valence-electron chi connectivity index (χ3n) is 7.81. The number of nitrogens with zero attached hydrogens (tertiary/aromatic N) is 5. The number of likely N-dealkylation sites (N-methyl/N-ethyl adjacent to an activating group) is 1. The summed E-state index contributed by atoms with van der Waals surface area (Å²) >= 11 is 0. The number of anilines is 1. The zero-order chi connectivity index (χ0) is 26.6. The molecule has 2 fully saturated rings. The second-order valence-corrected chi connectivity index (χ2v) is 10.2. The van der Waals surface area contributed by atoms with Crippen molar-refractivity contribution in [1.29, 1.82) is 0 Å². The molecule has 197 valence electrons. The van der Waals surface area contributed by atoms with E-state index in [0.717, 1.165) is 37.1 Å². The van der Waals surface area contributed by atoms with Gasteiger partial charge in [-0.2, -0.15) is 13.2 Å². The van der Waals surface area contributed by atoms with Crippen LogP contribution in [0.2, 0.25) is 0 Å². The summed E-state index contributed by atoms with van der Waals surface area (Å²) in [5.41, 5.74) is 0.741. The molecule has 2 aliphatic carbocycles. The molecule has 8 nitrogen and oxygen atoms in total. The molecule has 0 spiro atoms. The van der Waals surface area contributed by atoms with E-state index < -0.39 is 29.7 Å². The molecule has 1 saturated heterocycles. The number of carbonyl (C=O) groups excluding carboxylic acids is 2. The van der Waals surface area contributed by atoms with Gasteiger partial charge in [-0.1, -0.05) is 24.6 Å². The number of benzene rings is 1. The van der Waals surface area contributed by atoms with Crippen LogP contribution in [-0.4, -0.2) is 60.7 Å². The Labute approximate surface area is 217 Å². The first-order valence-electron chi connectivity index (χ1n) is 12.6. The van der Waals surface area contributed by atoms with Crippen molar-refractivity contribution in [2.75, 3.05) is 31.6 Å². The molecule has 1 aromatic carbocycles. The third-order valence-corrected chi connectivity index (χ3v) is 7.81. The van der Waals surface area contributed by atoms with Crippen LogP contribution in [0.5, 0.6) is 0 Å². The van der Waals surface area contributed by atoms with Crippen LogP contribution in [0.1, 0.15) is 30.7 Å². The van der Waals surface area contributed by atoms with Crippen LogP contribution < -0.4 is 4.90 Å². The second kappa shape index (κ2) is 9.21. The number of azo groups is 1. The predicted molar refractivity (Wildman–Crippen MR) is 131 cm³/mol. The van der Waals surface area contributed by atoms with Crippen molar-refractivity contribution in [3.8, 4) is 0 Å². The molecule has 1 unspecified atom stereocenters. The molecule has 0 aromatic heterocycles. The maximum absolute atomic E-state index is 14.1. The van der Waals surface area contributed by atoms with Gasteiger partial charge in [0.2, 0.25) is 5.91 Å². The van der Waals surface area contributed by atoms with Crippen molar-refractivity contribution >= 4 is 24.0 Å². The Morgan fingerprint density at radius 1 is 1.24 bits per heavy atom. The molecular formula is C27H26F3N5O3+. The number of cyclic esters (lactones) is 1. The Morgan fingerprint density at radius 3 is 2.68 bits per heavy atom. The minimum Gasteiger partial charge on any atom is -0.448 e. The molecular weight excluding hydrogens is 499 g/mol. The first kappa shape index (κ1) is 24.6. The highest BCUT2D eigenvalue weighted by atomic mass is 19.4. The van der Waals surface area contributed by atoms with E-state index in [-0.39, 0.29) is 30.2 Å². The maximum atomic E-state index is 14.1. The van der Waals surface area contributed by atoms with Crippen LogP contribution in [-0.2, 0) is 9.53 Å². The quantitative estimate of drug-likeness (QED) is 0.495. The highest BCUT2D eigenvalue weighted by molar-refractivity contribution is 6.04. The van der Waals surface area contributed by atoms with Gasteiger partial charge in [0.15, 0.2) is 0 Å². The predicted octanol–water partition coefficient (Wildman–Crippen LogP) is 4.92. The van der Waals surface area contributed by atoms with Gasteiger partial charge in [-0.3, -0.25) is 9.69 Å². The van der Waals surface area contributed by atoms with E-state index in [1.165, 1.54) is 22.1 Å². The number of fused-ring (bicyclic) bond motifs is 1. The summed E-state index contributed by atoms with van der Waals surface area (Å²) in [4.78, 5) is 28.0. The van der Waals surface area contributed by atoms with Gasteiger partial charge in [0, 0.05) is 18.4 Å². The highest BCUT2D eigenvalue weighted by Crippen LogP contribution is 2.48. The average Bonchev–Trinajstić information content (AvgIpc) is 3.55. The first-order chi connectivity index (χ1) is 18.2. The zero-order valence-corrected chi connectivity index (χ0v) is 20.7. The standard InChI is InChI=1S/C27H26F3N5O3/c1-33-15-31-32-24(33)23(17-4-2-5-17)18-6-3-7-19(12-18)35-14-21-20(25(35)36)10-16(11-22(21)27(28,29)30)13-34-8-9-38-26(34)37/h3,6-7,10-12,14-15,17,20,23H,2,4-5,8-9,13H2,1H3/q+1/t20?,23-/m1/s1. The molecule has 3 aliphatic heterocycles. The Morgan fingerprint density at radius 2 is 2.05 bits per heavy atom. The lowest BCUT2D eigenvalue weighted by molar-refractivity contribution is -0.480. The van der Waals surface area contributed by atoms with Crippen LogP contribution in [0.15, 0.2) is 69.6 Å². The maximum Gasteiger partial charge on any atom is 0.416 e. The van der Waals surface area contributed by atoms with E-state index in [0.29, 0.717) is 18.2 Å². The number of halogens is 3. The Balaban J connectivity index is 1.33. The lowest BCUT2D eigenvalue weighted by atomic mass is 9.71.